The van der Waals surface area contributed by atoms with Gasteiger partial charge >= 0.3 is 0 Å². The summed E-state index contributed by atoms with van der Waals surface area (Å²) in [6.45, 7) is 2.25. The quantitative estimate of drug-likeness (QED) is 0.472. The second-order valence-corrected chi connectivity index (χ2v) is 7.96. The lowest BCUT2D eigenvalue weighted by Gasteiger charge is -2.07. The van der Waals surface area contributed by atoms with Crippen molar-refractivity contribution in [3.05, 3.63) is 65.3 Å². The molecule has 0 bridgehead atoms. The summed E-state index contributed by atoms with van der Waals surface area (Å²) >= 11 is 5.97. The Morgan fingerprint density at radius 3 is 2.41 bits per heavy atom. The third-order valence-corrected chi connectivity index (χ3v) is 5.29. The third kappa shape index (κ3) is 4.49. The number of benzene rings is 2. The Kier molecular flexibility index (Phi) is 6.03. The Morgan fingerprint density at radius 1 is 1.21 bits per heavy atom. The highest BCUT2D eigenvalue weighted by molar-refractivity contribution is 7.89. The molecule has 1 heterocycles. The third-order valence-electron chi connectivity index (χ3n) is 4.11. The van der Waals surface area contributed by atoms with Crippen LogP contribution >= 0.6 is 11.6 Å². The van der Waals surface area contributed by atoms with Crippen molar-refractivity contribution in [3.8, 4) is 22.9 Å². The van der Waals surface area contributed by atoms with E-state index in [0.29, 0.717) is 34.3 Å². The lowest BCUT2D eigenvalue weighted by Crippen LogP contribution is -2.11. The molecule has 0 unspecified atom stereocenters. The molecular formula is C20H17ClN4O3S. The van der Waals surface area contributed by atoms with E-state index in [1.165, 1.54) is 18.5 Å². The van der Waals surface area contributed by atoms with Crippen molar-refractivity contribution < 1.29 is 13.2 Å². The van der Waals surface area contributed by atoms with Crippen LogP contribution in [0.2, 0.25) is 5.02 Å². The van der Waals surface area contributed by atoms with Crippen molar-refractivity contribution in [3.63, 3.8) is 0 Å². The van der Waals surface area contributed by atoms with Gasteiger partial charge in [0.2, 0.25) is 10.0 Å². The Labute approximate surface area is 173 Å². The van der Waals surface area contributed by atoms with E-state index in [0.717, 1.165) is 5.56 Å². The van der Waals surface area contributed by atoms with Crippen molar-refractivity contribution in [2.24, 2.45) is 10.1 Å². The summed E-state index contributed by atoms with van der Waals surface area (Å²) in [4.78, 5) is 4.29. The summed E-state index contributed by atoms with van der Waals surface area (Å²) < 4.78 is 29.9. The molecule has 9 heteroatoms. The van der Waals surface area contributed by atoms with Gasteiger partial charge in [0.05, 0.1) is 11.5 Å². The minimum atomic E-state index is -3.81. The maximum absolute atomic E-state index is 11.5. The van der Waals surface area contributed by atoms with Crippen molar-refractivity contribution in [2.75, 3.05) is 6.61 Å². The van der Waals surface area contributed by atoms with Gasteiger partial charge < -0.3 is 4.74 Å². The van der Waals surface area contributed by atoms with E-state index < -0.39 is 10.0 Å². The average Bonchev–Trinajstić information content (AvgIpc) is 3.06. The molecule has 3 rings (SSSR count). The number of ether oxygens (including phenoxy) is 1. The monoisotopic (exact) mass is 428 g/mol. The van der Waals surface area contributed by atoms with Crippen LogP contribution in [0.25, 0.3) is 16.8 Å². The summed E-state index contributed by atoms with van der Waals surface area (Å²) in [5, 5.41) is 15.5. The van der Waals surface area contributed by atoms with Crippen LogP contribution in [-0.4, -0.2) is 26.0 Å². The molecule has 7 nitrogen and oxygen atoms in total. The first kappa shape index (κ1) is 20.6. The fourth-order valence-electron chi connectivity index (χ4n) is 2.74. The van der Waals surface area contributed by atoms with Gasteiger partial charge in [-0.1, -0.05) is 23.7 Å². The molecule has 0 spiro atoms. The van der Waals surface area contributed by atoms with E-state index in [2.05, 4.69) is 11.1 Å². The first-order valence-corrected chi connectivity index (χ1v) is 10.5. The predicted octanol–water partition coefficient (Wildman–Crippen LogP) is 4.01. The Balaban J connectivity index is 2.19. The van der Waals surface area contributed by atoms with Gasteiger partial charge in [-0.3, -0.25) is 4.57 Å². The van der Waals surface area contributed by atoms with Gasteiger partial charge in [0.25, 0.3) is 0 Å². The standard InChI is InChI=1S/C20H17ClN4O3S/c1-2-28-13-24-20-18(11-22)19(14-3-5-15(21)6-4-14)12-25(20)16-7-9-17(10-8-16)29(23,26)27/h3-10,12-13H,2H2,1H3,(H2,23,26,27)/b24-13+. The van der Waals surface area contributed by atoms with Gasteiger partial charge in [-0.15, -0.1) is 0 Å². The molecule has 148 valence electrons. The molecule has 29 heavy (non-hydrogen) atoms. The summed E-state index contributed by atoms with van der Waals surface area (Å²) in [6.07, 6.45) is 3.03. The van der Waals surface area contributed by atoms with Crippen LogP contribution in [0.15, 0.2) is 64.6 Å². The molecule has 0 fully saturated rings. The molecule has 0 saturated carbocycles. The molecule has 1 aromatic heterocycles. The van der Waals surface area contributed by atoms with Crippen molar-refractivity contribution in [1.29, 1.82) is 5.26 Å². The number of primary sulfonamides is 1. The molecule has 2 N–H and O–H groups in total. The molecule has 0 atom stereocenters. The first-order valence-electron chi connectivity index (χ1n) is 8.54. The molecule has 0 aliphatic carbocycles. The highest BCUT2D eigenvalue weighted by Crippen LogP contribution is 2.35. The van der Waals surface area contributed by atoms with E-state index in [4.69, 9.17) is 21.5 Å². The smallest absolute Gasteiger partial charge is 0.238 e. The zero-order chi connectivity index (χ0) is 21.0. The van der Waals surface area contributed by atoms with E-state index in [9.17, 15) is 13.7 Å². The van der Waals surface area contributed by atoms with Crippen LogP contribution in [0, 0.1) is 11.3 Å². The van der Waals surface area contributed by atoms with Crippen molar-refractivity contribution in [2.45, 2.75) is 11.8 Å². The zero-order valence-corrected chi connectivity index (χ0v) is 17.0. The van der Waals surface area contributed by atoms with Crippen LogP contribution in [-0.2, 0) is 14.8 Å². The van der Waals surface area contributed by atoms with Gasteiger partial charge in [0.15, 0.2) is 12.2 Å². The predicted molar refractivity (Wildman–Crippen MR) is 112 cm³/mol. The van der Waals surface area contributed by atoms with Gasteiger partial charge in [0.1, 0.15) is 11.6 Å². The van der Waals surface area contributed by atoms with E-state index in [-0.39, 0.29) is 4.90 Å². The fourth-order valence-corrected chi connectivity index (χ4v) is 3.38. The summed E-state index contributed by atoms with van der Waals surface area (Å²) in [5.74, 6) is 0.356. The van der Waals surface area contributed by atoms with Gasteiger partial charge in [-0.2, -0.15) is 5.26 Å². The van der Waals surface area contributed by atoms with E-state index in [1.807, 2.05) is 19.1 Å². The Bertz CT molecular complexity index is 1190. The zero-order valence-electron chi connectivity index (χ0n) is 15.4. The number of nitriles is 1. The van der Waals surface area contributed by atoms with Gasteiger partial charge in [0, 0.05) is 22.5 Å². The fraction of sp³-hybridized carbons (Fsp3) is 0.100. The van der Waals surface area contributed by atoms with Crippen LogP contribution in [0.5, 0.6) is 0 Å². The molecule has 0 saturated heterocycles. The van der Waals surface area contributed by atoms with Crippen molar-refractivity contribution in [1.82, 2.24) is 4.57 Å². The number of hydrogen-bond donors (Lipinski definition) is 1. The van der Waals surface area contributed by atoms with Crippen molar-refractivity contribution >= 4 is 33.8 Å². The summed E-state index contributed by atoms with van der Waals surface area (Å²) in [7, 11) is -3.81. The van der Waals surface area contributed by atoms with Gasteiger partial charge in [-0.25, -0.2) is 18.5 Å². The highest BCUT2D eigenvalue weighted by Gasteiger charge is 2.18. The SMILES string of the molecule is CCO/C=N/c1c(C#N)c(-c2ccc(Cl)cc2)cn1-c1ccc(S(N)(=O)=O)cc1. The highest BCUT2D eigenvalue weighted by atomic mass is 35.5. The molecule has 0 aliphatic rings. The second kappa shape index (κ2) is 8.49. The molecule has 3 aromatic rings. The summed E-state index contributed by atoms with van der Waals surface area (Å²) in [6, 6.07) is 15.3. The Morgan fingerprint density at radius 2 is 1.86 bits per heavy atom. The number of hydrogen-bond acceptors (Lipinski definition) is 5. The first-order chi connectivity index (χ1) is 13.8. The molecule has 0 amide bonds. The Hall–Kier alpha value is -3.12. The van der Waals surface area contributed by atoms with E-state index in [1.54, 1.807) is 35.0 Å². The number of sulfonamides is 1. The number of aromatic nitrogens is 1. The summed E-state index contributed by atoms with van der Waals surface area (Å²) in [5.41, 5.74) is 2.40. The number of nitrogens with two attached hydrogens (primary N) is 1. The molecule has 0 radical (unpaired) electrons. The van der Waals surface area contributed by atoms with E-state index >= 15 is 0 Å². The van der Waals surface area contributed by atoms with Crippen LogP contribution in [0.4, 0.5) is 5.82 Å². The number of aliphatic imine (C=N–C) groups is 1. The molecular weight excluding hydrogens is 412 g/mol. The van der Waals surface area contributed by atoms with Crippen LogP contribution in [0.3, 0.4) is 0 Å². The van der Waals surface area contributed by atoms with Crippen LogP contribution in [0.1, 0.15) is 12.5 Å². The minimum absolute atomic E-state index is 0.00814. The minimum Gasteiger partial charge on any atom is -0.483 e. The largest absolute Gasteiger partial charge is 0.483 e. The topological polar surface area (TPSA) is 110 Å². The van der Waals surface area contributed by atoms with Crippen LogP contribution < -0.4 is 5.14 Å². The lowest BCUT2D eigenvalue weighted by molar-refractivity contribution is 0.344. The average molecular weight is 429 g/mol. The molecule has 2 aromatic carbocycles. The molecule has 0 aliphatic heterocycles. The number of rotatable bonds is 6. The maximum atomic E-state index is 11.5. The lowest BCUT2D eigenvalue weighted by atomic mass is 10.1. The maximum Gasteiger partial charge on any atom is 0.238 e. The normalized spacial score (nSPS) is 11.5. The number of nitrogens with zero attached hydrogens (tertiary/aromatic N) is 3. The number of halogens is 1. The second-order valence-electron chi connectivity index (χ2n) is 5.96. The van der Waals surface area contributed by atoms with Gasteiger partial charge in [-0.05, 0) is 48.9 Å².